The van der Waals surface area contributed by atoms with Gasteiger partial charge in [0, 0.05) is 36.6 Å². The van der Waals surface area contributed by atoms with Crippen molar-refractivity contribution in [3.8, 4) is 5.75 Å². The zero-order valence-corrected chi connectivity index (χ0v) is 14.6. The van der Waals surface area contributed by atoms with E-state index in [0.29, 0.717) is 0 Å². The second kappa shape index (κ2) is 7.49. The van der Waals surface area contributed by atoms with E-state index >= 15 is 0 Å². The maximum atomic E-state index is 5.57. The van der Waals surface area contributed by atoms with Crippen LogP contribution in [0.5, 0.6) is 5.75 Å². The van der Waals surface area contributed by atoms with E-state index in [1.54, 1.807) is 7.11 Å². The molecule has 0 saturated carbocycles. The van der Waals surface area contributed by atoms with Gasteiger partial charge < -0.3 is 14.4 Å². The number of methoxy groups -OCH3 is 1. The molecule has 0 spiro atoms. The van der Waals surface area contributed by atoms with Gasteiger partial charge in [-0.15, -0.1) is 0 Å². The van der Waals surface area contributed by atoms with Crippen LogP contribution in [0.1, 0.15) is 16.7 Å². The van der Waals surface area contributed by atoms with Gasteiger partial charge in [-0.05, 0) is 37.6 Å². The predicted molar refractivity (Wildman–Crippen MR) is 99.2 cm³/mol. The molecule has 0 aliphatic carbocycles. The lowest BCUT2D eigenvalue weighted by Gasteiger charge is -2.29. The number of hydrogen-bond donors (Lipinski definition) is 0. The molecule has 2 aromatic rings. The van der Waals surface area contributed by atoms with Crippen LogP contribution in [0.2, 0.25) is 0 Å². The van der Waals surface area contributed by atoms with Gasteiger partial charge in [-0.25, -0.2) is 0 Å². The van der Waals surface area contributed by atoms with Crippen molar-refractivity contribution in [1.82, 2.24) is 0 Å². The first-order valence-electron chi connectivity index (χ1n) is 8.29. The van der Waals surface area contributed by atoms with E-state index in [0.717, 1.165) is 43.3 Å². The zero-order chi connectivity index (χ0) is 16.9. The summed E-state index contributed by atoms with van der Waals surface area (Å²) in [4.78, 5) is 6.95. The molecule has 0 aromatic heterocycles. The molecular weight excluding hydrogens is 300 g/mol. The first-order valence-corrected chi connectivity index (χ1v) is 8.29. The van der Waals surface area contributed by atoms with Crippen LogP contribution in [-0.2, 0) is 4.74 Å². The van der Waals surface area contributed by atoms with Crippen molar-refractivity contribution in [2.24, 2.45) is 4.99 Å². The molecule has 1 heterocycles. The largest absolute Gasteiger partial charge is 0.496 e. The Morgan fingerprint density at radius 3 is 2.58 bits per heavy atom. The second-order valence-corrected chi connectivity index (χ2v) is 6.07. The molecule has 0 N–H and O–H groups in total. The third-order valence-corrected chi connectivity index (χ3v) is 4.29. The van der Waals surface area contributed by atoms with Gasteiger partial charge in [-0.3, -0.25) is 4.99 Å². The molecule has 1 fully saturated rings. The third kappa shape index (κ3) is 3.77. The zero-order valence-electron chi connectivity index (χ0n) is 14.6. The number of hydrogen-bond acceptors (Lipinski definition) is 4. The van der Waals surface area contributed by atoms with E-state index in [9.17, 15) is 0 Å². The Morgan fingerprint density at radius 1 is 1.08 bits per heavy atom. The normalized spacial score (nSPS) is 15.0. The first kappa shape index (κ1) is 16.5. The number of aliphatic imine (C=N–C) groups is 1. The number of anilines is 1. The molecule has 1 aliphatic heterocycles. The first-order chi connectivity index (χ1) is 11.7. The summed E-state index contributed by atoms with van der Waals surface area (Å²) >= 11 is 0. The van der Waals surface area contributed by atoms with Gasteiger partial charge in [0.15, 0.2) is 0 Å². The lowest BCUT2D eigenvalue weighted by Crippen LogP contribution is -2.36. The van der Waals surface area contributed by atoms with E-state index < -0.39 is 0 Å². The van der Waals surface area contributed by atoms with Crippen LogP contribution < -0.4 is 9.64 Å². The molecule has 4 nitrogen and oxygen atoms in total. The Kier molecular flexibility index (Phi) is 5.16. The minimum Gasteiger partial charge on any atom is -0.496 e. The van der Waals surface area contributed by atoms with Crippen molar-refractivity contribution >= 4 is 17.6 Å². The highest BCUT2D eigenvalue weighted by Crippen LogP contribution is 2.26. The number of benzene rings is 2. The average Bonchev–Trinajstić information content (AvgIpc) is 2.61. The molecule has 0 radical (unpaired) electrons. The van der Waals surface area contributed by atoms with Crippen LogP contribution in [-0.4, -0.2) is 39.6 Å². The summed E-state index contributed by atoms with van der Waals surface area (Å²) in [6.07, 6.45) is 1.87. The minimum absolute atomic E-state index is 0.776. The number of ether oxygens (including phenoxy) is 2. The number of nitrogens with zero attached hydrogens (tertiary/aromatic N) is 2. The minimum atomic E-state index is 0.776. The Morgan fingerprint density at radius 2 is 1.88 bits per heavy atom. The summed E-state index contributed by atoms with van der Waals surface area (Å²) in [6.45, 7) is 7.56. The predicted octanol–water partition coefficient (Wildman–Crippen LogP) is 3.90. The van der Waals surface area contributed by atoms with Gasteiger partial charge in [-0.2, -0.15) is 0 Å². The van der Waals surface area contributed by atoms with Gasteiger partial charge in [0.05, 0.1) is 26.0 Å². The molecule has 3 rings (SSSR count). The molecule has 0 amide bonds. The molecule has 0 unspecified atom stereocenters. The van der Waals surface area contributed by atoms with Crippen molar-refractivity contribution in [2.45, 2.75) is 13.8 Å². The van der Waals surface area contributed by atoms with Gasteiger partial charge >= 0.3 is 0 Å². The Balaban J connectivity index is 1.83. The topological polar surface area (TPSA) is 34.1 Å². The molecule has 1 saturated heterocycles. The quantitative estimate of drug-likeness (QED) is 0.800. The van der Waals surface area contributed by atoms with Crippen molar-refractivity contribution in [2.75, 3.05) is 38.3 Å². The van der Waals surface area contributed by atoms with Crippen LogP contribution in [0.25, 0.3) is 0 Å². The van der Waals surface area contributed by atoms with Gasteiger partial charge in [0.25, 0.3) is 0 Å². The van der Waals surface area contributed by atoms with Crippen LogP contribution in [0.15, 0.2) is 41.4 Å². The van der Waals surface area contributed by atoms with E-state index in [2.05, 4.69) is 60.1 Å². The summed E-state index contributed by atoms with van der Waals surface area (Å²) in [6, 6.07) is 12.5. The van der Waals surface area contributed by atoms with Crippen LogP contribution >= 0.6 is 0 Å². The monoisotopic (exact) mass is 324 g/mol. The lowest BCUT2D eigenvalue weighted by atomic mass is 10.1. The van der Waals surface area contributed by atoms with Gasteiger partial charge in [0.1, 0.15) is 5.75 Å². The fraction of sp³-hybridized carbons (Fsp3) is 0.350. The molecular formula is C20H24N2O2. The summed E-state index contributed by atoms with van der Waals surface area (Å²) in [5.74, 6) is 0.840. The van der Waals surface area contributed by atoms with E-state index in [1.807, 2.05) is 6.21 Å². The van der Waals surface area contributed by atoms with Crippen molar-refractivity contribution < 1.29 is 9.47 Å². The second-order valence-electron chi connectivity index (χ2n) is 6.07. The van der Waals surface area contributed by atoms with Crippen molar-refractivity contribution in [3.63, 3.8) is 0 Å². The maximum Gasteiger partial charge on any atom is 0.129 e. The summed E-state index contributed by atoms with van der Waals surface area (Å²) in [7, 11) is 1.70. The number of rotatable bonds is 4. The Labute approximate surface area is 143 Å². The molecule has 24 heavy (non-hydrogen) atoms. The van der Waals surface area contributed by atoms with Crippen molar-refractivity contribution in [3.05, 3.63) is 53.1 Å². The fourth-order valence-electron chi connectivity index (χ4n) is 2.91. The highest BCUT2D eigenvalue weighted by atomic mass is 16.5. The van der Waals surface area contributed by atoms with Crippen LogP contribution in [0, 0.1) is 13.8 Å². The van der Waals surface area contributed by atoms with E-state index in [1.165, 1.54) is 16.8 Å². The molecule has 0 bridgehead atoms. The Bertz CT molecular complexity index is 734. The summed E-state index contributed by atoms with van der Waals surface area (Å²) in [5.41, 5.74) is 5.56. The van der Waals surface area contributed by atoms with Crippen molar-refractivity contribution in [1.29, 1.82) is 0 Å². The SMILES string of the molecule is COc1cc(N2CCOCC2)ccc1C=Nc1ccc(C)cc1C. The number of morpholine rings is 1. The molecule has 0 atom stereocenters. The highest BCUT2D eigenvalue weighted by molar-refractivity contribution is 5.86. The molecule has 1 aliphatic rings. The molecule has 126 valence electrons. The molecule has 4 heteroatoms. The molecule has 2 aromatic carbocycles. The maximum absolute atomic E-state index is 5.57. The average molecular weight is 324 g/mol. The Hall–Kier alpha value is -2.33. The van der Waals surface area contributed by atoms with Crippen LogP contribution in [0.3, 0.4) is 0 Å². The number of aryl methyl sites for hydroxylation is 2. The standard InChI is InChI=1S/C20H24N2O2/c1-15-4-7-19(16(2)12-15)21-14-17-5-6-18(13-20(17)23-3)22-8-10-24-11-9-22/h4-7,12-14H,8-11H2,1-3H3. The van der Waals surface area contributed by atoms with E-state index in [4.69, 9.17) is 9.47 Å². The fourth-order valence-corrected chi connectivity index (χ4v) is 2.91. The van der Waals surface area contributed by atoms with Gasteiger partial charge in [0.2, 0.25) is 0 Å². The summed E-state index contributed by atoms with van der Waals surface area (Å²) in [5, 5.41) is 0. The van der Waals surface area contributed by atoms with Gasteiger partial charge in [-0.1, -0.05) is 17.7 Å². The third-order valence-electron chi connectivity index (χ3n) is 4.29. The highest BCUT2D eigenvalue weighted by Gasteiger charge is 2.13. The van der Waals surface area contributed by atoms with E-state index in [-0.39, 0.29) is 0 Å². The summed E-state index contributed by atoms with van der Waals surface area (Å²) < 4.78 is 11.0. The smallest absolute Gasteiger partial charge is 0.129 e. The lowest BCUT2D eigenvalue weighted by molar-refractivity contribution is 0.122. The van der Waals surface area contributed by atoms with Crippen LogP contribution in [0.4, 0.5) is 11.4 Å².